The zero-order chi connectivity index (χ0) is 14.2. The molecule has 1 aliphatic rings. The maximum absolute atomic E-state index is 5.92. The lowest BCUT2D eigenvalue weighted by Gasteiger charge is -2.08. The third-order valence-electron chi connectivity index (χ3n) is 3.96. The lowest BCUT2D eigenvalue weighted by molar-refractivity contribution is 0.297. The number of rotatable bonds is 3. The summed E-state index contributed by atoms with van der Waals surface area (Å²) in [7, 11) is 2.04. The Kier molecular flexibility index (Phi) is 2.81. The molecule has 1 aliphatic heterocycles. The summed E-state index contributed by atoms with van der Waals surface area (Å²) in [5.41, 5.74) is 4.46. The Morgan fingerprint density at radius 3 is 3.14 bits per heavy atom. The van der Waals surface area contributed by atoms with Gasteiger partial charge in [0.15, 0.2) is 0 Å². The molecule has 0 spiro atoms. The molecular weight excluding hydrogens is 264 g/mol. The number of hydrogen-bond donors (Lipinski definition) is 0. The number of hydrogen-bond acceptors (Lipinski definition) is 3. The summed E-state index contributed by atoms with van der Waals surface area (Å²) in [4.78, 5) is 4.37. The van der Waals surface area contributed by atoms with E-state index in [0.717, 1.165) is 41.3 Å². The van der Waals surface area contributed by atoms with Crippen molar-refractivity contribution in [3.8, 4) is 11.5 Å². The first-order chi connectivity index (χ1) is 10.3. The van der Waals surface area contributed by atoms with Crippen LogP contribution in [0.1, 0.15) is 11.3 Å². The first-order valence-electron chi connectivity index (χ1n) is 7.09. The molecule has 4 nitrogen and oxygen atoms in total. The summed E-state index contributed by atoms with van der Waals surface area (Å²) < 4.78 is 13.6. The molecule has 4 rings (SSSR count). The molecule has 3 aromatic rings. The van der Waals surface area contributed by atoms with Crippen molar-refractivity contribution in [1.82, 2.24) is 9.55 Å². The Labute approximate surface area is 122 Å². The molecule has 0 radical (unpaired) electrons. The number of benzene rings is 1. The lowest BCUT2D eigenvalue weighted by Crippen LogP contribution is -2.01. The van der Waals surface area contributed by atoms with Crippen molar-refractivity contribution >= 4 is 11.0 Å². The number of pyridine rings is 1. The Bertz CT molecular complexity index is 808. The van der Waals surface area contributed by atoms with E-state index in [1.807, 2.05) is 31.4 Å². The van der Waals surface area contributed by atoms with Crippen molar-refractivity contribution in [2.75, 3.05) is 6.61 Å². The van der Waals surface area contributed by atoms with Gasteiger partial charge >= 0.3 is 0 Å². The molecule has 0 saturated heterocycles. The van der Waals surface area contributed by atoms with Gasteiger partial charge < -0.3 is 14.0 Å². The smallest absolute Gasteiger partial charge is 0.128 e. The van der Waals surface area contributed by atoms with E-state index >= 15 is 0 Å². The highest BCUT2D eigenvalue weighted by atomic mass is 16.5. The van der Waals surface area contributed by atoms with Crippen molar-refractivity contribution in [2.24, 2.45) is 7.05 Å². The van der Waals surface area contributed by atoms with Gasteiger partial charge in [-0.25, -0.2) is 0 Å². The summed E-state index contributed by atoms with van der Waals surface area (Å²) >= 11 is 0. The molecule has 0 fully saturated rings. The number of ether oxygens (including phenoxy) is 2. The molecule has 0 amide bonds. The number of fused-ring (bicyclic) bond motifs is 2. The normalized spacial score (nSPS) is 13.2. The molecule has 0 N–H and O–H groups in total. The van der Waals surface area contributed by atoms with E-state index in [0.29, 0.717) is 6.61 Å². The van der Waals surface area contributed by atoms with Gasteiger partial charge in [-0.15, -0.1) is 0 Å². The molecule has 21 heavy (non-hydrogen) atoms. The third kappa shape index (κ3) is 2.13. The van der Waals surface area contributed by atoms with E-state index in [-0.39, 0.29) is 0 Å². The first kappa shape index (κ1) is 12.3. The van der Waals surface area contributed by atoms with Crippen LogP contribution in [0.5, 0.6) is 11.5 Å². The van der Waals surface area contributed by atoms with Crippen LogP contribution in [-0.4, -0.2) is 16.2 Å². The largest absolute Gasteiger partial charge is 0.493 e. The monoisotopic (exact) mass is 280 g/mol. The molecular formula is C17H16N2O2. The van der Waals surface area contributed by atoms with Crippen LogP contribution in [0.3, 0.4) is 0 Å². The minimum atomic E-state index is 0.534. The van der Waals surface area contributed by atoms with Crippen molar-refractivity contribution in [3.63, 3.8) is 0 Å². The maximum Gasteiger partial charge on any atom is 0.128 e. The lowest BCUT2D eigenvalue weighted by atomic mass is 10.1. The van der Waals surface area contributed by atoms with Gasteiger partial charge in [-0.05, 0) is 36.4 Å². The molecule has 0 aliphatic carbocycles. The van der Waals surface area contributed by atoms with E-state index < -0.39 is 0 Å². The Balaban J connectivity index is 1.57. The van der Waals surface area contributed by atoms with Gasteiger partial charge in [0.2, 0.25) is 0 Å². The molecule has 2 aromatic heterocycles. The second kappa shape index (κ2) is 4.81. The second-order valence-corrected chi connectivity index (χ2v) is 5.26. The topological polar surface area (TPSA) is 36.3 Å². The predicted molar refractivity (Wildman–Crippen MR) is 80.7 cm³/mol. The Morgan fingerprint density at radius 1 is 1.29 bits per heavy atom. The third-order valence-corrected chi connectivity index (χ3v) is 3.96. The highest BCUT2D eigenvalue weighted by molar-refractivity contribution is 5.76. The van der Waals surface area contributed by atoms with Crippen LogP contribution < -0.4 is 9.47 Å². The predicted octanol–water partition coefficient (Wildman–Crippen LogP) is 3.09. The maximum atomic E-state index is 5.92. The van der Waals surface area contributed by atoms with E-state index in [1.165, 1.54) is 5.56 Å². The fourth-order valence-corrected chi connectivity index (χ4v) is 2.76. The molecule has 0 saturated carbocycles. The SMILES string of the molecule is Cn1c(COc2ccc3c(c2)CCO3)cc2ncccc21. The average molecular weight is 280 g/mol. The van der Waals surface area contributed by atoms with Crippen LogP contribution in [0.15, 0.2) is 42.6 Å². The van der Waals surface area contributed by atoms with E-state index in [4.69, 9.17) is 9.47 Å². The van der Waals surface area contributed by atoms with Crippen LogP contribution in [0, 0.1) is 0 Å². The van der Waals surface area contributed by atoms with Crippen LogP contribution in [-0.2, 0) is 20.1 Å². The van der Waals surface area contributed by atoms with Crippen molar-refractivity contribution in [1.29, 1.82) is 0 Å². The number of aromatic nitrogens is 2. The van der Waals surface area contributed by atoms with Crippen LogP contribution in [0.25, 0.3) is 11.0 Å². The molecule has 106 valence electrons. The Hall–Kier alpha value is -2.49. The highest BCUT2D eigenvalue weighted by Gasteiger charge is 2.13. The van der Waals surface area contributed by atoms with E-state index in [1.54, 1.807) is 0 Å². The summed E-state index contributed by atoms with van der Waals surface area (Å²) in [5, 5.41) is 0. The van der Waals surface area contributed by atoms with E-state index in [2.05, 4.69) is 27.8 Å². The van der Waals surface area contributed by atoms with Gasteiger partial charge in [0, 0.05) is 25.2 Å². The summed E-state index contributed by atoms with van der Waals surface area (Å²) in [5.74, 6) is 1.87. The quantitative estimate of drug-likeness (QED) is 0.739. The minimum Gasteiger partial charge on any atom is -0.493 e. The van der Waals surface area contributed by atoms with Gasteiger partial charge in [-0.3, -0.25) is 4.98 Å². The molecule has 0 unspecified atom stereocenters. The van der Waals surface area contributed by atoms with Gasteiger partial charge in [0.05, 0.1) is 23.3 Å². The van der Waals surface area contributed by atoms with Crippen molar-refractivity contribution in [3.05, 3.63) is 53.9 Å². The van der Waals surface area contributed by atoms with Crippen molar-refractivity contribution < 1.29 is 9.47 Å². The van der Waals surface area contributed by atoms with Gasteiger partial charge in [0.1, 0.15) is 18.1 Å². The molecule has 1 aromatic carbocycles. The van der Waals surface area contributed by atoms with Crippen molar-refractivity contribution in [2.45, 2.75) is 13.0 Å². The minimum absolute atomic E-state index is 0.534. The number of aryl methyl sites for hydroxylation is 1. The molecule has 0 bridgehead atoms. The second-order valence-electron chi connectivity index (χ2n) is 5.26. The average Bonchev–Trinajstić information content (AvgIpc) is 3.10. The van der Waals surface area contributed by atoms with Crippen LogP contribution in [0.4, 0.5) is 0 Å². The molecule has 3 heterocycles. The number of nitrogens with zero attached hydrogens (tertiary/aromatic N) is 2. The summed E-state index contributed by atoms with van der Waals surface area (Å²) in [6.07, 6.45) is 2.78. The van der Waals surface area contributed by atoms with Crippen LogP contribution in [0.2, 0.25) is 0 Å². The van der Waals surface area contributed by atoms with E-state index in [9.17, 15) is 0 Å². The molecule has 0 atom stereocenters. The zero-order valence-electron chi connectivity index (χ0n) is 11.9. The fraction of sp³-hybridized carbons (Fsp3) is 0.235. The van der Waals surface area contributed by atoms with Gasteiger partial charge in [-0.2, -0.15) is 0 Å². The zero-order valence-corrected chi connectivity index (χ0v) is 11.9. The fourth-order valence-electron chi connectivity index (χ4n) is 2.76. The first-order valence-corrected chi connectivity index (χ1v) is 7.09. The summed E-state index contributed by atoms with van der Waals surface area (Å²) in [6, 6.07) is 12.1. The van der Waals surface area contributed by atoms with Gasteiger partial charge in [0.25, 0.3) is 0 Å². The Morgan fingerprint density at radius 2 is 2.24 bits per heavy atom. The summed E-state index contributed by atoms with van der Waals surface area (Å²) in [6.45, 7) is 1.31. The van der Waals surface area contributed by atoms with Gasteiger partial charge in [-0.1, -0.05) is 0 Å². The standard InChI is InChI=1S/C17H16N2O2/c1-19-13(10-15-16(19)3-2-7-18-15)11-21-14-4-5-17-12(9-14)6-8-20-17/h2-5,7,9-10H,6,8,11H2,1H3. The van der Waals surface area contributed by atoms with Crippen LogP contribution >= 0.6 is 0 Å². The highest BCUT2D eigenvalue weighted by Crippen LogP contribution is 2.29. The molecule has 4 heteroatoms.